The molecule has 0 spiro atoms. The Morgan fingerprint density at radius 2 is 1.53 bits per heavy atom. The van der Waals surface area contributed by atoms with Crippen LogP contribution in [-0.4, -0.2) is 34.4 Å². The molecule has 0 N–H and O–H groups in total. The summed E-state index contributed by atoms with van der Waals surface area (Å²) in [6.07, 6.45) is 3.76. The van der Waals surface area contributed by atoms with E-state index in [1.54, 1.807) is 14.2 Å². The van der Waals surface area contributed by atoms with Crippen LogP contribution in [-0.2, 0) is 18.4 Å². The van der Waals surface area contributed by atoms with Gasteiger partial charge in [0.15, 0.2) is 0 Å². The first-order valence-corrected chi connectivity index (χ1v) is 9.44. The molecule has 0 aromatic rings. The van der Waals surface area contributed by atoms with Crippen LogP contribution >= 0.6 is 0 Å². The SMILES string of the molecule is CO[Si](C)(OC)C1CCC(C(=O)OC(C)(C)C)CC1. The van der Waals surface area contributed by atoms with Gasteiger partial charge in [-0.2, -0.15) is 0 Å². The number of hydrogen-bond acceptors (Lipinski definition) is 4. The largest absolute Gasteiger partial charge is 0.460 e. The normalized spacial score (nSPS) is 25.2. The number of esters is 1. The first kappa shape index (κ1) is 16.7. The summed E-state index contributed by atoms with van der Waals surface area (Å²) in [6, 6.07) is 0. The molecule has 0 atom stereocenters. The van der Waals surface area contributed by atoms with Gasteiger partial charge in [0.25, 0.3) is 0 Å². The molecule has 0 heterocycles. The van der Waals surface area contributed by atoms with Crippen molar-refractivity contribution < 1.29 is 18.4 Å². The molecule has 0 aliphatic heterocycles. The summed E-state index contributed by atoms with van der Waals surface area (Å²) in [4.78, 5) is 12.0. The molecule has 1 saturated carbocycles. The topological polar surface area (TPSA) is 44.8 Å². The van der Waals surface area contributed by atoms with Crippen molar-refractivity contribution in [3.8, 4) is 0 Å². The van der Waals surface area contributed by atoms with Crippen molar-refractivity contribution in [2.24, 2.45) is 5.92 Å². The molecule has 0 radical (unpaired) electrons. The van der Waals surface area contributed by atoms with Crippen molar-refractivity contribution in [1.82, 2.24) is 0 Å². The molecular formula is C14H28O4Si. The molecule has 0 aromatic heterocycles. The van der Waals surface area contributed by atoms with Gasteiger partial charge in [-0.3, -0.25) is 4.79 Å². The van der Waals surface area contributed by atoms with Crippen molar-refractivity contribution in [3.05, 3.63) is 0 Å². The average Bonchev–Trinajstić information content (AvgIpc) is 2.36. The van der Waals surface area contributed by atoms with E-state index >= 15 is 0 Å². The Hall–Kier alpha value is -0.393. The summed E-state index contributed by atoms with van der Waals surface area (Å²) in [6.45, 7) is 7.84. The third-order valence-electron chi connectivity index (χ3n) is 4.02. The van der Waals surface area contributed by atoms with E-state index in [2.05, 4.69) is 6.55 Å². The standard InChI is InChI=1S/C14H28O4Si/c1-14(2,3)18-13(15)11-7-9-12(10-8-11)19(6,16-4)17-5/h11-12H,7-10H2,1-6H3. The molecule has 112 valence electrons. The van der Waals surface area contributed by atoms with Gasteiger partial charge in [0.05, 0.1) is 5.92 Å². The Morgan fingerprint density at radius 1 is 1.05 bits per heavy atom. The minimum atomic E-state index is -2.06. The maximum Gasteiger partial charge on any atom is 0.337 e. The third kappa shape index (κ3) is 4.58. The van der Waals surface area contributed by atoms with Gasteiger partial charge >= 0.3 is 14.5 Å². The second-order valence-corrected chi connectivity index (χ2v) is 10.2. The van der Waals surface area contributed by atoms with Crippen LogP contribution in [0.5, 0.6) is 0 Å². The van der Waals surface area contributed by atoms with Gasteiger partial charge in [-0.15, -0.1) is 0 Å². The van der Waals surface area contributed by atoms with Gasteiger partial charge in [-0.25, -0.2) is 0 Å². The Balaban J connectivity index is 2.51. The van der Waals surface area contributed by atoms with E-state index in [4.69, 9.17) is 13.6 Å². The molecule has 1 aliphatic carbocycles. The lowest BCUT2D eigenvalue weighted by molar-refractivity contribution is -0.161. The van der Waals surface area contributed by atoms with E-state index < -0.39 is 14.2 Å². The highest BCUT2D eigenvalue weighted by Gasteiger charge is 2.42. The molecular weight excluding hydrogens is 260 g/mol. The van der Waals surface area contributed by atoms with Gasteiger partial charge in [0.2, 0.25) is 0 Å². The molecule has 0 bridgehead atoms. The van der Waals surface area contributed by atoms with Crippen LogP contribution in [0, 0.1) is 5.92 Å². The number of rotatable bonds is 4. The fraction of sp³-hybridized carbons (Fsp3) is 0.929. The van der Waals surface area contributed by atoms with Gasteiger partial charge < -0.3 is 13.6 Å². The van der Waals surface area contributed by atoms with Gasteiger partial charge in [-0.05, 0) is 53.0 Å². The maximum atomic E-state index is 12.0. The number of carbonyl (C=O) groups is 1. The predicted octanol–water partition coefficient (Wildman–Crippen LogP) is 3.25. The van der Waals surface area contributed by atoms with E-state index in [9.17, 15) is 4.79 Å². The zero-order chi connectivity index (χ0) is 14.7. The molecule has 0 saturated heterocycles. The quantitative estimate of drug-likeness (QED) is 0.588. The second kappa shape index (κ2) is 6.37. The summed E-state index contributed by atoms with van der Waals surface area (Å²) < 4.78 is 16.7. The smallest absolute Gasteiger partial charge is 0.337 e. The molecule has 1 aliphatic rings. The third-order valence-corrected chi connectivity index (χ3v) is 7.70. The van der Waals surface area contributed by atoms with Crippen LogP contribution in [0.2, 0.25) is 12.1 Å². The summed E-state index contributed by atoms with van der Waals surface area (Å²) in [5, 5.41) is 0. The lowest BCUT2D eigenvalue weighted by Crippen LogP contribution is -2.44. The van der Waals surface area contributed by atoms with Crippen LogP contribution in [0.3, 0.4) is 0 Å². The van der Waals surface area contributed by atoms with Crippen LogP contribution in [0.15, 0.2) is 0 Å². The lowest BCUT2D eigenvalue weighted by Gasteiger charge is -2.36. The maximum absolute atomic E-state index is 12.0. The van der Waals surface area contributed by atoms with Gasteiger partial charge in [0.1, 0.15) is 5.60 Å². The minimum absolute atomic E-state index is 0.0439. The summed E-state index contributed by atoms with van der Waals surface area (Å²) in [5.74, 6) is -0.00779. The Labute approximate surface area is 118 Å². The van der Waals surface area contributed by atoms with Gasteiger partial charge in [-0.1, -0.05) is 0 Å². The zero-order valence-corrected chi connectivity index (χ0v) is 14.1. The van der Waals surface area contributed by atoms with E-state index in [0.717, 1.165) is 25.7 Å². The molecule has 0 amide bonds. The molecule has 19 heavy (non-hydrogen) atoms. The van der Waals surface area contributed by atoms with Crippen LogP contribution in [0.4, 0.5) is 0 Å². The Bertz CT molecular complexity index is 299. The van der Waals surface area contributed by atoms with Crippen LogP contribution in [0.1, 0.15) is 46.5 Å². The first-order chi connectivity index (χ1) is 8.72. The van der Waals surface area contributed by atoms with Crippen molar-refractivity contribution >= 4 is 14.5 Å². The fourth-order valence-corrected chi connectivity index (χ4v) is 4.87. The summed E-state index contributed by atoms with van der Waals surface area (Å²) >= 11 is 0. The number of carbonyl (C=O) groups excluding carboxylic acids is 1. The van der Waals surface area contributed by atoms with Crippen molar-refractivity contribution in [2.45, 2.75) is 64.1 Å². The second-order valence-electron chi connectivity index (χ2n) is 6.51. The average molecular weight is 288 g/mol. The molecule has 5 heteroatoms. The molecule has 0 aromatic carbocycles. The molecule has 4 nitrogen and oxygen atoms in total. The van der Waals surface area contributed by atoms with Crippen molar-refractivity contribution in [3.63, 3.8) is 0 Å². The summed E-state index contributed by atoms with van der Waals surface area (Å²) in [7, 11) is 1.40. The van der Waals surface area contributed by atoms with Crippen molar-refractivity contribution in [1.29, 1.82) is 0 Å². The highest BCUT2D eigenvalue weighted by Crippen LogP contribution is 2.40. The number of ether oxygens (including phenoxy) is 1. The van der Waals surface area contributed by atoms with E-state index in [1.807, 2.05) is 20.8 Å². The predicted molar refractivity (Wildman–Crippen MR) is 77.2 cm³/mol. The van der Waals surface area contributed by atoms with Crippen LogP contribution in [0.25, 0.3) is 0 Å². The van der Waals surface area contributed by atoms with Gasteiger partial charge in [0, 0.05) is 19.8 Å². The highest BCUT2D eigenvalue weighted by atomic mass is 28.4. The monoisotopic (exact) mass is 288 g/mol. The Morgan fingerprint density at radius 3 is 1.89 bits per heavy atom. The van der Waals surface area contributed by atoms with Crippen molar-refractivity contribution in [2.75, 3.05) is 14.2 Å². The first-order valence-electron chi connectivity index (χ1n) is 7.05. The molecule has 1 fully saturated rings. The summed E-state index contributed by atoms with van der Waals surface area (Å²) in [5.41, 5.74) is 0.0807. The number of hydrogen-bond donors (Lipinski definition) is 0. The van der Waals surface area contributed by atoms with E-state index in [-0.39, 0.29) is 11.9 Å². The van der Waals surface area contributed by atoms with E-state index in [0.29, 0.717) is 5.54 Å². The lowest BCUT2D eigenvalue weighted by atomic mass is 9.89. The minimum Gasteiger partial charge on any atom is -0.460 e. The highest BCUT2D eigenvalue weighted by molar-refractivity contribution is 6.67. The Kier molecular flexibility index (Phi) is 5.59. The van der Waals surface area contributed by atoms with Crippen LogP contribution < -0.4 is 0 Å². The molecule has 1 rings (SSSR count). The molecule has 0 unspecified atom stereocenters. The fourth-order valence-electron chi connectivity index (χ4n) is 2.66. The zero-order valence-electron chi connectivity index (χ0n) is 13.1. The van der Waals surface area contributed by atoms with E-state index in [1.165, 1.54) is 0 Å².